The van der Waals surface area contributed by atoms with E-state index in [0.29, 0.717) is 32.5 Å². The van der Waals surface area contributed by atoms with Gasteiger partial charge in [-0.3, -0.25) is 4.79 Å². The molecule has 0 spiro atoms. The molecule has 46 heavy (non-hydrogen) atoms. The van der Waals surface area contributed by atoms with E-state index >= 15 is 0 Å². The number of amides is 1. The van der Waals surface area contributed by atoms with Crippen molar-refractivity contribution in [2.24, 2.45) is 13.0 Å². The molecule has 250 valence electrons. The van der Waals surface area contributed by atoms with E-state index in [1.54, 1.807) is 9.80 Å². The summed E-state index contributed by atoms with van der Waals surface area (Å²) in [6, 6.07) is 5.23. The number of alkyl halides is 6. The third kappa shape index (κ3) is 7.39. The number of hydrogen-bond donors (Lipinski definition) is 1. The average molecular weight is 654 g/mol. The molecule has 5 rings (SSSR count). The lowest BCUT2D eigenvalue weighted by Crippen LogP contribution is -2.43. The quantitative estimate of drug-likeness (QED) is 0.340. The van der Waals surface area contributed by atoms with Crippen LogP contribution < -0.4 is 9.80 Å². The number of aryl methyl sites for hydroxylation is 3. The summed E-state index contributed by atoms with van der Waals surface area (Å²) in [4.78, 5) is 18.8. The van der Waals surface area contributed by atoms with Crippen molar-refractivity contribution in [2.75, 3.05) is 42.6 Å². The summed E-state index contributed by atoms with van der Waals surface area (Å²) in [5.74, 6) is 0.100. The van der Waals surface area contributed by atoms with Gasteiger partial charge in [0.2, 0.25) is 5.91 Å². The van der Waals surface area contributed by atoms with Gasteiger partial charge in [0.05, 0.1) is 24.2 Å². The highest BCUT2D eigenvalue weighted by Crippen LogP contribution is 2.43. The summed E-state index contributed by atoms with van der Waals surface area (Å²) in [5.41, 5.74) is 0.884. The highest BCUT2D eigenvalue weighted by Gasteiger charge is 2.38. The van der Waals surface area contributed by atoms with Gasteiger partial charge in [-0.25, -0.2) is 0 Å². The Morgan fingerprint density at radius 1 is 0.957 bits per heavy atom. The molecule has 3 heterocycles. The minimum absolute atomic E-state index is 0.0953. The van der Waals surface area contributed by atoms with E-state index in [9.17, 15) is 36.2 Å². The monoisotopic (exact) mass is 653 g/mol. The minimum Gasteiger partial charge on any atom is -0.387 e. The molecule has 0 saturated carbocycles. The summed E-state index contributed by atoms with van der Waals surface area (Å²) >= 11 is 0. The smallest absolute Gasteiger partial charge is 0.387 e. The van der Waals surface area contributed by atoms with E-state index in [4.69, 9.17) is 0 Å². The van der Waals surface area contributed by atoms with Crippen LogP contribution in [0.3, 0.4) is 0 Å². The number of aliphatic hydroxyl groups is 1. The van der Waals surface area contributed by atoms with Gasteiger partial charge in [0, 0.05) is 38.4 Å². The normalized spacial score (nSPS) is 18.0. The third-order valence-corrected chi connectivity index (χ3v) is 8.77. The molecule has 2 aromatic carbocycles. The summed E-state index contributed by atoms with van der Waals surface area (Å²) in [7, 11) is 1.54. The van der Waals surface area contributed by atoms with Gasteiger partial charge in [0.1, 0.15) is 6.61 Å². The van der Waals surface area contributed by atoms with Crippen LogP contribution in [0, 0.1) is 19.8 Å². The number of carbonyl (C=O) groups excluding carboxylic acids is 1. The predicted molar refractivity (Wildman–Crippen MR) is 158 cm³/mol. The SMILES string of the molecule is Cc1cc(C)c2c(c1)C(N(Cc1cc(C(F)(F)F)cc(C(F)(F)F)c1)c1nnn(C)n1)CCCN2CC1CCN(C(=O)CO)CC1. The van der Waals surface area contributed by atoms with Crippen LogP contribution in [0.2, 0.25) is 0 Å². The van der Waals surface area contributed by atoms with Crippen molar-refractivity contribution < 1.29 is 36.2 Å². The van der Waals surface area contributed by atoms with E-state index < -0.39 is 36.1 Å². The van der Waals surface area contributed by atoms with Crippen molar-refractivity contribution in [2.45, 2.75) is 64.5 Å². The Hall–Kier alpha value is -3.88. The Bertz CT molecular complexity index is 1520. The van der Waals surface area contributed by atoms with Crippen molar-refractivity contribution in [1.29, 1.82) is 0 Å². The summed E-state index contributed by atoms with van der Waals surface area (Å²) in [6.07, 6.45) is -7.17. The Morgan fingerprint density at radius 2 is 1.61 bits per heavy atom. The maximum atomic E-state index is 13.8. The molecule has 0 bridgehead atoms. The molecular formula is C31H37F6N7O2. The van der Waals surface area contributed by atoms with E-state index in [0.717, 1.165) is 53.9 Å². The first-order valence-electron chi connectivity index (χ1n) is 15.2. The zero-order chi connectivity index (χ0) is 33.4. The second kappa shape index (κ2) is 13.1. The molecular weight excluding hydrogens is 616 g/mol. The van der Waals surface area contributed by atoms with Crippen molar-refractivity contribution >= 4 is 17.5 Å². The molecule has 0 aliphatic carbocycles. The van der Waals surface area contributed by atoms with Crippen LogP contribution in [-0.2, 0) is 30.7 Å². The van der Waals surface area contributed by atoms with E-state index in [2.05, 4.69) is 26.4 Å². The van der Waals surface area contributed by atoms with E-state index in [1.165, 1.54) is 11.8 Å². The largest absolute Gasteiger partial charge is 0.416 e. The van der Waals surface area contributed by atoms with Crippen molar-refractivity contribution in [1.82, 2.24) is 25.1 Å². The van der Waals surface area contributed by atoms with Crippen molar-refractivity contribution in [3.8, 4) is 0 Å². The Kier molecular flexibility index (Phi) is 9.52. The zero-order valence-electron chi connectivity index (χ0n) is 25.9. The molecule has 1 unspecified atom stereocenters. The topological polar surface area (TPSA) is 90.6 Å². The highest BCUT2D eigenvalue weighted by molar-refractivity contribution is 5.77. The summed E-state index contributed by atoms with van der Waals surface area (Å²) in [5, 5.41) is 21.6. The number of piperidine rings is 1. The number of nitrogens with zero attached hydrogens (tertiary/aromatic N) is 7. The molecule has 1 N–H and O–H groups in total. The van der Waals surface area contributed by atoms with Crippen LogP contribution in [0.1, 0.15) is 65.1 Å². The van der Waals surface area contributed by atoms with Crippen molar-refractivity contribution in [3.63, 3.8) is 0 Å². The van der Waals surface area contributed by atoms with Gasteiger partial charge in [0.25, 0.3) is 5.95 Å². The van der Waals surface area contributed by atoms with Crippen LogP contribution in [0.5, 0.6) is 0 Å². The van der Waals surface area contributed by atoms with Gasteiger partial charge < -0.3 is 19.8 Å². The molecule has 1 aromatic heterocycles. The van der Waals surface area contributed by atoms with Crippen LogP contribution in [0.4, 0.5) is 38.0 Å². The number of rotatable bonds is 7. The number of halogens is 6. The standard InChI is InChI=1S/C31H37F6N7O2/c1-19-11-20(2)28-25(12-19)26(5-4-8-43(28)16-21-6-9-42(10-7-21)27(46)18-45)44(29-38-40-41(3)39-29)17-22-13-23(30(32,33)34)15-24(14-22)31(35,36)37/h11-15,21,26,45H,4-10,16-18H2,1-3H3. The highest BCUT2D eigenvalue weighted by atomic mass is 19.4. The first kappa shape index (κ1) is 33.5. The van der Waals surface area contributed by atoms with Gasteiger partial charge in [-0.1, -0.05) is 22.8 Å². The number of aromatic nitrogens is 4. The van der Waals surface area contributed by atoms with Crippen LogP contribution >= 0.6 is 0 Å². The molecule has 1 fully saturated rings. The number of aliphatic hydroxyl groups excluding tert-OH is 1. The van der Waals surface area contributed by atoms with Gasteiger partial charge in [-0.05, 0) is 85.6 Å². The van der Waals surface area contributed by atoms with Gasteiger partial charge in [0.15, 0.2) is 0 Å². The number of carbonyl (C=O) groups is 1. The van der Waals surface area contributed by atoms with Crippen LogP contribution in [-0.4, -0.2) is 68.9 Å². The fraction of sp³-hybridized carbons (Fsp3) is 0.548. The second-order valence-electron chi connectivity index (χ2n) is 12.2. The molecule has 0 radical (unpaired) electrons. The van der Waals surface area contributed by atoms with Gasteiger partial charge in [-0.15, -0.1) is 5.10 Å². The fourth-order valence-electron chi connectivity index (χ4n) is 6.72. The van der Waals surface area contributed by atoms with Crippen LogP contribution in [0.25, 0.3) is 0 Å². The first-order chi connectivity index (χ1) is 21.6. The Morgan fingerprint density at radius 3 is 2.17 bits per heavy atom. The molecule has 3 aromatic rings. The maximum Gasteiger partial charge on any atom is 0.416 e. The molecule has 9 nitrogen and oxygen atoms in total. The van der Waals surface area contributed by atoms with Crippen LogP contribution in [0.15, 0.2) is 30.3 Å². The number of tetrazole rings is 1. The number of fused-ring (bicyclic) bond motifs is 1. The molecule has 1 atom stereocenters. The molecule has 1 saturated heterocycles. The third-order valence-electron chi connectivity index (χ3n) is 8.77. The molecule has 1 amide bonds. The Balaban J connectivity index is 1.53. The molecule has 15 heteroatoms. The number of benzene rings is 2. The first-order valence-corrected chi connectivity index (χ1v) is 15.2. The predicted octanol–water partition coefficient (Wildman–Crippen LogP) is 5.44. The Labute approximate surface area is 262 Å². The lowest BCUT2D eigenvalue weighted by atomic mass is 9.93. The number of likely N-dealkylation sites (tertiary alicyclic amines) is 1. The van der Waals surface area contributed by atoms with Gasteiger partial charge in [-0.2, -0.15) is 31.1 Å². The van der Waals surface area contributed by atoms with E-state index in [1.807, 2.05) is 19.9 Å². The minimum atomic E-state index is -4.98. The van der Waals surface area contributed by atoms with Gasteiger partial charge >= 0.3 is 12.4 Å². The molecule has 2 aliphatic rings. The lowest BCUT2D eigenvalue weighted by molar-refractivity contribution is -0.143. The summed E-state index contributed by atoms with van der Waals surface area (Å²) in [6.45, 7) is 5.64. The average Bonchev–Trinajstić information content (AvgIpc) is 3.34. The number of hydrogen-bond acceptors (Lipinski definition) is 7. The van der Waals surface area contributed by atoms with Crippen molar-refractivity contribution in [3.05, 3.63) is 63.7 Å². The van der Waals surface area contributed by atoms with E-state index in [-0.39, 0.29) is 35.9 Å². The lowest BCUT2D eigenvalue weighted by Gasteiger charge is -2.37. The zero-order valence-corrected chi connectivity index (χ0v) is 25.9. The number of anilines is 2. The molecule has 2 aliphatic heterocycles. The maximum absolute atomic E-state index is 13.8. The second-order valence-corrected chi connectivity index (χ2v) is 12.2. The summed E-state index contributed by atoms with van der Waals surface area (Å²) < 4.78 is 82.5. The fourth-order valence-corrected chi connectivity index (χ4v) is 6.72.